The minimum absolute atomic E-state index is 0.189. The van der Waals surface area contributed by atoms with Crippen molar-refractivity contribution < 1.29 is 9.53 Å². The fourth-order valence-electron chi connectivity index (χ4n) is 3.82. The lowest BCUT2D eigenvalue weighted by molar-refractivity contribution is 0.102. The van der Waals surface area contributed by atoms with Gasteiger partial charge in [-0.05, 0) is 54.4 Å². The van der Waals surface area contributed by atoms with Crippen LogP contribution >= 0.6 is 11.6 Å². The first-order valence-electron chi connectivity index (χ1n) is 10.7. The Balaban J connectivity index is 1.33. The van der Waals surface area contributed by atoms with Crippen LogP contribution in [-0.2, 0) is 6.54 Å². The van der Waals surface area contributed by atoms with Gasteiger partial charge in [-0.15, -0.1) is 0 Å². The quantitative estimate of drug-likeness (QED) is 0.589. The molecular formula is C25H27ClN4O2. The second kappa shape index (κ2) is 10.5. The van der Waals surface area contributed by atoms with E-state index in [9.17, 15) is 4.79 Å². The predicted molar refractivity (Wildman–Crippen MR) is 129 cm³/mol. The normalized spacial score (nSPS) is 14.6. The molecule has 0 spiro atoms. The van der Waals surface area contributed by atoms with Crippen molar-refractivity contribution >= 4 is 29.0 Å². The molecule has 1 N–H and O–H groups in total. The maximum absolute atomic E-state index is 12.5. The van der Waals surface area contributed by atoms with E-state index in [-0.39, 0.29) is 5.91 Å². The molecule has 0 aliphatic carbocycles. The van der Waals surface area contributed by atoms with Crippen molar-refractivity contribution in [1.82, 2.24) is 9.88 Å². The largest absolute Gasteiger partial charge is 0.497 e. The third kappa shape index (κ3) is 5.78. The van der Waals surface area contributed by atoms with Gasteiger partial charge in [-0.3, -0.25) is 9.69 Å². The lowest BCUT2D eigenvalue weighted by Crippen LogP contribution is -2.30. The van der Waals surface area contributed by atoms with Crippen molar-refractivity contribution in [3.05, 3.63) is 83.0 Å². The van der Waals surface area contributed by atoms with Gasteiger partial charge in [0, 0.05) is 43.3 Å². The van der Waals surface area contributed by atoms with Gasteiger partial charge in [-0.1, -0.05) is 29.8 Å². The van der Waals surface area contributed by atoms with Gasteiger partial charge in [0.1, 0.15) is 11.6 Å². The van der Waals surface area contributed by atoms with E-state index in [4.69, 9.17) is 16.3 Å². The summed E-state index contributed by atoms with van der Waals surface area (Å²) in [6.45, 7) is 4.82. The Morgan fingerprint density at radius 2 is 1.91 bits per heavy atom. The van der Waals surface area contributed by atoms with Crippen LogP contribution in [0.15, 0.2) is 66.9 Å². The summed E-state index contributed by atoms with van der Waals surface area (Å²) < 4.78 is 5.19. The average Bonchev–Trinajstić information content (AvgIpc) is 3.06. The first-order chi connectivity index (χ1) is 15.6. The molecule has 4 rings (SSSR count). The van der Waals surface area contributed by atoms with Crippen LogP contribution in [0.25, 0.3) is 0 Å². The Hall–Kier alpha value is -3.09. The van der Waals surface area contributed by atoms with Crippen molar-refractivity contribution in [1.29, 1.82) is 0 Å². The molecule has 6 nitrogen and oxygen atoms in total. The number of hydrogen-bond donors (Lipinski definition) is 1. The van der Waals surface area contributed by atoms with Gasteiger partial charge >= 0.3 is 0 Å². The number of amides is 1. The Morgan fingerprint density at radius 3 is 2.66 bits per heavy atom. The summed E-state index contributed by atoms with van der Waals surface area (Å²) in [7, 11) is 1.58. The van der Waals surface area contributed by atoms with E-state index in [0.717, 1.165) is 50.0 Å². The summed E-state index contributed by atoms with van der Waals surface area (Å²) in [5.74, 6) is 1.39. The average molecular weight is 451 g/mol. The third-order valence-corrected chi connectivity index (χ3v) is 5.82. The number of anilines is 2. The van der Waals surface area contributed by atoms with Crippen LogP contribution in [0.5, 0.6) is 5.75 Å². The van der Waals surface area contributed by atoms with Crippen molar-refractivity contribution in [3.63, 3.8) is 0 Å². The van der Waals surface area contributed by atoms with Crippen molar-refractivity contribution in [2.45, 2.75) is 13.0 Å². The number of carbonyl (C=O) groups excluding carboxylic acids is 1. The molecule has 32 heavy (non-hydrogen) atoms. The van der Waals surface area contributed by atoms with Gasteiger partial charge in [0.05, 0.1) is 19.0 Å². The van der Waals surface area contributed by atoms with Crippen LogP contribution in [0.4, 0.5) is 11.5 Å². The van der Waals surface area contributed by atoms with Crippen LogP contribution < -0.4 is 15.0 Å². The maximum Gasteiger partial charge on any atom is 0.255 e. The molecule has 166 valence electrons. The number of halogens is 1. The molecule has 1 aliphatic heterocycles. The molecule has 2 heterocycles. The molecule has 7 heteroatoms. The van der Waals surface area contributed by atoms with E-state index in [1.54, 1.807) is 31.5 Å². The number of rotatable bonds is 6. The van der Waals surface area contributed by atoms with Crippen LogP contribution in [0.3, 0.4) is 0 Å². The Bertz CT molecular complexity index is 1040. The van der Waals surface area contributed by atoms with E-state index < -0.39 is 0 Å². The highest BCUT2D eigenvalue weighted by Crippen LogP contribution is 2.19. The molecule has 1 saturated heterocycles. The zero-order valence-corrected chi connectivity index (χ0v) is 18.9. The smallest absolute Gasteiger partial charge is 0.255 e. The Morgan fingerprint density at radius 1 is 1.06 bits per heavy atom. The van der Waals surface area contributed by atoms with E-state index in [0.29, 0.717) is 17.0 Å². The molecule has 1 aromatic heterocycles. The van der Waals surface area contributed by atoms with Gasteiger partial charge in [0.25, 0.3) is 5.91 Å². The topological polar surface area (TPSA) is 57.7 Å². The summed E-state index contributed by atoms with van der Waals surface area (Å²) in [5.41, 5.74) is 2.49. The zero-order valence-electron chi connectivity index (χ0n) is 18.1. The van der Waals surface area contributed by atoms with Gasteiger partial charge in [-0.2, -0.15) is 0 Å². The predicted octanol–water partition coefficient (Wildman–Crippen LogP) is 4.71. The molecule has 1 amide bonds. The standard InChI is InChI=1S/C25H27ClN4O2/c1-32-23-5-2-4-20(16-23)25(31)28-22-10-11-24(27-17-22)30-13-3-12-29(14-15-30)18-19-6-8-21(26)9-7-19/h2,4-11,16-17H,3,12-15,18H2,1H3,(H,28,31). The molecule has 1 fully saturated rings. The summed E-state index contributed by atoms with van der Waals surface area (Å²) in [5, 5.41) is 3.67. The fourth-order valence-corrected chi connectivity index (χ4v) is 3.95. The summed E-state index contributed by atoms with van der Waals surface area (Å²) in [4.78, 5) is 21.9. The van der Waals surface area contributed by atoms with Gasteiger partial charge in [-0.25, -0.2) is 4.98 Å². The number of carbonyl (C=O) groups is 1. The van der Waals surface area contributed by atoms with Crippen LogP contribution in [0, 0.1) is 0 Å². The number of aromatic nitrogens is 1. The monoisotopic (exact) mass is 450 g/mol. The minimum atomic E-state index is -0.189. The molecule has 0 atom stereocenters. The molecule has 0 unspecified atom stereocenters. The van der Waals surface area contributed by atoms with Gasteiger partial charge in [0.15, 0.2) is 0 Å². The van der Waals surface area contributed by atoms with Gasteiger partial charge in [0.2, 0.25) is 0 Å². The molecule has 0 saturated carbocycles. The summed E-state index contributed by atoms with van der Waals surface area (Å²) in [6.07, 6.45) is 2.79. The van der Waals surface area contributed by atoms with Crippen LogP contribution in [0.1, 0.15) is 22.3 Å². The lowest BCUT2D eigenvalue weighted by atomic mass is 10.2. The highest BCUT2D eigenvalue weighted by atomic mass is 35.5. The number of nitrogens with one attached hydrogen (secondary N) is 1. The second-order valence-electron chi connectivity index (χ2n) is 7.83. The number of methoxy groups -OCH3 is 1. The molecular weight excluding hydrogens is 424 g/mol. The molecule has 1 aliphatic rings. The zero-order chi connectivity index (χ0) is 22.3. The third-order valence-electron chi connectivity index (χ3n) is 5.57. The van der Waals surface area contributed by atoms with E-state index in [1.807, 2.05) is 30.3 Å². The Kier molecular flexibility index (Phi) is 7.24. The highest BCUT2D eigenvalue weighted by Gasteiger charge is 2.16. The summed E-state index contributed by atoms with van der Waals surface area (Å²) in [6, 6.07) is 19.0. The van der Waals surface area contributed by atoms with Gasteiger partial charge < -0.3 is 15.0 Å². The van der Waals surface area contributed by atoms with Crippen LogP contribution in [-0.4, -0.2) is 49.1 Å². The summed E-state index contributed by atoms with van der Waals surface area (Å²) >= 11 is 5.99. The molecule has 0 bridgehead atoms. The minimum Gasteiger partial charge on any atom is -0.497 e. The number of hydrogen-bond acceptors (Lipinski definition) is 5. The number of nitrogens with zero attached hydrogens (tertiary/aromatic N) is 3. The number of ether oxygens (including phenoxy) is 1. The highest BCUT2D eigenvalue weighted by molar-refractivity contribution is 6.30. The number of benzene rings is 2. The first kappa shape index (κ1) is 22.1. The maximum atomic E-state index is 12.5. The molecule has 3 aromatic rings. The number of pyridine rings is 1. The van der Waals surface area contributed by atoms with Crippen molar-refractivity contribution in [2.24, 2.45) is 0 Å². The van der Waals surface area contributed by atoms with E-state index in [1.165, 1.54) is 5.56 Å². The second-order valence-corrected chi connectivity index (χ2v) is 8.27. The van der Waals surface area contributed by atoms with E-state index in [2.05, 4.69) is 32.2 Å². The molecule has 2 aromatic carbocycles. The SMILES string of the molecule is COc1cccc(C(=O)Nc2ccc(N3CCCN(Cc4ccc(Cl)cc4)CC3)nc2)c1. The van der Waals surface area contributed by atoms with Crippen molar-refractivity contribution in [3.8, 4) is 5.75 Å². The first-order valence-corrected chi connectivity index (χ1v) is 11.1. The van der Waals surface area contributed by atoms with E-state index >= 15 is 0 Å². The van der Waals surface area contributed by atoms with Crippen LogP contribution in [0.2, 0.25) is 5.02 Å². The fraction of sp³-hybridized carbons (Fsp3) is 0.280. The lowest BCUT2D eigenvalue weighted by Gasteiger charge is -2.23. The molecule has 0 radical (unpaired) electrons. The van der Waals surface area contributed by atoms with Crippen molar-refractivity contribution in [2.75, 3.05) is 43.5 Å². The Labute approximate surface area is 193 Å².